The van der Waals surface area contributed by atoms with Crippen LogP contribution in [0.1, 0.15) is 30.0 Å². The van der Waals surface area contributed by atoms with Crippen LogP contribution in [0.25, 0.3) is 0 Å². The number of aryl methyl sites for hydroxylation is 1. The Morgan fingerprint density at radius 1 is 1.47 bits per heavy atom. The Hall–Kier alpha value is -1.88. The summed E-state index contributed by atoms with van der Waals surface area (Å²) in [5.41, 5.74) is 1.83. The molecule has 0 radical (unpaired) electrons. The van der Waals surface area contributed by atoms with Crippen molar-refractivity contribution in [2.24, 2.45) is 0 Å². The normalized spacial score (nSPS) is 12.4. The van der Waals surface area contributed by atoms with E-state index in [0.29, 0.717) is 5.82 Å². The molecule has 1 heterocycles. The van der Waals surface area contributed by atoms with E-state index in [4.69, 9.17) is 4.74 Å². The van der Waals surface area contributed by atoms with Gasteiger partial charge in [0.2, 0.25) is 12.2 Å². The first kappa shape index (κ1) is 11.6. The predicted molar refractivity (Wildman–Crippen MR) is 60.4 cm³/mol. The third-order valence-electron chi connectivity index (χ3n) is 2.45. The fourth-order valence-corrected chi connectivity index (χ4v) is 1.49. The van der Waals surface area contributed by atoms with Crippen LogP contribution in [0.3, 0.4) is 0 Å². The average molecular weight is 234 g/mol. The van der Waals surface area contributed by atoms with Crippen molar-refractivity contribution in [2.45, 2.75) is 26.6 Å². The molecule has 0 aliphatic carbocycles. The Morgan fingerprint density at radius 2 is 2.29 bits per heavy atom. The SMILES string of the molecule is Cc1cc([C@@H](C)O)ccc1OCc1ncon1. The van der Waals surface area contributed by atoms with Gasteiger partial charge in [0, 0.05) is 0 Å². The first-order chi connectivity index (χ1) is 8.16. The van der Waals surface area contributed by atoms with Gasteiger partial charge in [0.15, 0.2) is 6.61 Å². The van der Waals surface area contributed by atoms with E-state index >= 15 is 0 Å². The molecule has 1 aromatic carbocycles. The zero-order valence-electron chi connectivity index (χ0n) is 9.75. The van der Waals surface area contributed by atoms with Crippen molar-refractivity contribution < 1.29 is 14.4 Å². The summed E-state index contributed by atoms with van der Waals surface area (Å²) < 4.78 is 10.2. The second kappa shape index (κ2) is 4.97. The lowest BCUT2D eigenvalue weighted by molar-refractivity contribution is 0.199. The first-order valence-electron chi connectivity index (χ1n) is 5.33. The molecule has 0 spiro atoms. The lowest BCUT2D eigenvalue weighted by Gasteiger charge is -2.10. The molecule has 2 rings (SSSR count). The monoisotopic (exact) mass is 234 g/mol. The van der Waals surface area contributed by atoms with Crippen LogP contribution in [0, 0.1) is 6.92 Å². The number of hydrogen-bond acceptors (Lipinski definition) is 5. The lowest BCUT2D eigenvalue weighted by atomic mass is 10.1. The maximum atomic E-state index is 9.45. The van der Waals surface area contributed by atoms with Gasteiger partial charge in [-0.25, -0.2) is 0 Å². The Kier molecular flexibility index (Phi) is 3.39. The van der Waals surface area contributed by atoms with Crippen molar-refractivity contribution in [3.05, 3.63) is 41.5 Å². The van der Waals surface area contributed by atoms with Crippen molar-refractivity contribution in [3.63, 3.8) is 0 Å². The highest BCUT2D eigenvalue weighted by Gasteiger charge is 2.06. The highest BCUT2D eigenvalue weighted by Crippen LogP contribution is 2.23. The summed E-state index contributed by atoms with van der Waals surface area (Å²) in [7, 11) is 0. The summed E-state index contributed by atoms with van der Waals surface area (Å²) in [5.74, 6) is 1.25. The van der Waals surface area contributed by atoms with Gasteiger partial charge < -0.3 is 14.4 Å². The molecule has 0 saturated heterocycles. The van der Waals surface area contributed by atoms with Crippen LogP contribution < -0.4 is 4.74 Å². The number of nitrogens with zero attached hydrogens (tertiary/aromatic N) is 2. The van der Waals surface area contributed by atoms with Gasteiger partial charge in [0.05, 0.1) is 6.10 Å². The summed E-state index contributed by atoms with van der Waals surface area (Å²) >= 11 is 0. The van der Waals surface area contributed by atoms with E-state index in [0.717, 1.165) is 16.9 Å². The van der Waals surface area contributed by atoms with Crippen molar-refractivity contribution in [3.8, 4) is 5.75 Å². The van der Waals surface area contributed by atoms with E-state index in [9.17, 15) is 5.11 Å². The molecule has 0 unspecified atom stereocenters. The van der Waals surface area contributed by atoms with E-state index in [2.05, 4.69) is 14.7 Å². The van der Waals surface area contributed by atoms with Crippen LogP contribution >= 0.6 is 0 Å². The zero-order valence-corrected chi connectivity index (χ0v) is 9.75. The minimum absolute atomic E-state index is 0.269. The van der Waals surface area contributed by atoms with Crippen LogP contribution in [0.2, 0.25) is 0 Å². The molecule has 0 aliphatic rings. The third-order valence-corrected chi connectivity index (χ3v) is 2.45. The van der Waals surface area contributed by atoms with Gasteiger partial charge in [0.1, 0.15) is 5.75 Å². The average Bonchev–Trinajstić information content (AvgIpc) is 2.80. The molecule has 0 saturated carbocycles. The number of aliphatic hydroxyl groups is 1. The second-order valence-corrected chi connectivity index (χ2v) is 3.84. The quantitative estimate of drug-likeness (QED) is 0.876. The molecular weight excluding hydrogens is 220 g/mol. The summed E-state index contributed by atoms with van der Waals surface area (Å²) in [6.45, 7) is 3.93. The highest BCUT2D eigenvalue weighted by molar-refractivity contribution is 5.36. The molecule has 5 nitrogen and oxygen atoms in total. The van der Waals surface area contributed by atoms with Gasteiger partial charge in [-0.15, -0.1) is 0 Å². The van der Waals surface area contributed by atoms with Gasteiger partial charge in [-0.05, 0) is 37.1 Å². The topological polar surface area (TPSA) is 68.4 Å². The van der Waals surface area contributed by atoms with Crippen LogP contribution in [0.5, 0.6) is 5.75 Å². The van der Waals surface area contributed by atoms with Crippen LogP contribution in [0.15, 0.2) is 29.1 Å². The second-order valence-electron chi connectivity index (χ2n) is 3.84. The first-order valence-corrected chi connectivity index (χ1v) is 5.33. The molecule has 0 bridgehead atoms. The van der Waals surface area contributed by atoms with Crippen molar-refractivity contribution in [1.29, 1.82) is 0 Å². The van der Waals surface area contributed by atoms with Crippen molar-refractivity contribution >= 4 is 0 Å². The van der Waals surface area contributed by atoms with Crippen LogP contribution in [-0.4, -0.2) is 15.2 Å². The van der Waals surface area contributed by atoms with Gasteiger partial charge in [-0.1, -0.05) is 11.2 Å². The highest BCUT2D eigenvalue weighted by atomic mass is 16.5. The van der Waals surface area contributed by atoms with Gasteiger partial charge in [-0.3, -0.25) is 0 Å². The maximum absolute atomic E-state index is 9.45. The molecule has 17 heavy (non-hydrogen) atoms. The molecule has 1 N–H and O–H groups in total. The molecule has 1 atom stereocenters. The standard InChI is InChI=1S/C12H14N2O3/c1-8-5-10(9(2)15)3-4-11(8)16-6-12-13-7-17-14-12/h3-5,7,9,15H,6H2,1-2H3/t9-/m1/s1. The molecule has 0 amide bonds. The third kappa shape index (κ3) is 2.82. The summed E-state index contributed by atoms with van der Waals surface area (Å²) in [6, 6.07) is 5.57. The Balaban J connectivity index is 2.06. The minimum Gasteiger partial charge on any atom is -0.485 e. The number of benzene rings is 1. The van der Waals surface area contributed by atoms with Crippen molar-refractivity contribution in [2.75, 3.05) is 0 Å². The fraction of sp³-hybridized carbons (Fsp3) is 0.333. The molecule has 2 aromatic rings. The Morgan fingerprint density at radius 3 is 2.88 bits per heavy atom. The van der Waals surface area contributed by atoms with Crippen molar-refractivity contribution in [1.82, 2.24) is 10.1 Å². The van der Waals surface area contributed by atoms with Gasteiger partial charge in [-0.2, -0.15) is 4.98 Å². The number of aromatic nitrogens is 2. The molecular formula is C12H14N2O3. The fourth-order valence-electron chi connectivity index (χ4n) is 1.49. The molecule has 5 heteroatoms. The van der Waals surface area contributed by atoms with Gasteiger partial charge in [0.25, 0.3) is 0 Å². The van der Waals surface area contributed by atoms with E-state index in [1.165, 1.54) is 6.39 Å². The molecule has 0 fully saturated rings. The summed E-state index contributed by atoms with van der Waals surface area (Å²) in [4.78, 5) is 3.86. The van der Waals surface area contributed by atoms with E-state index in [-0.39, 0.29) is 6.61 Å². The molecule has 0 aliphatic heterocycles. The summed E-state index contributed by atoms with van der Waals surface area (Å²) in [6.07, 6.45) is 0.794. The Bertz CT molecular complexity index is 481. The zero-order chi connectivity index (χ0) is 12.3. The molecule has 90 valence electrons. The maximum Gasteiger partial charge on any atom is 0.213 e. The Labute approximate surface area is 99.0 Å². The minimum atomic E-state index is -0.472. The van der Waals surface area contributed by atoms with E-state index in [1.54, 1.807) is 6.92 Å². The van der Waals surface area contributed by atoms with Gasteiger partial charge >= 0.3 is 0 Å². The van der Waals surface area contributed by atoms with Crippen LogP contribution in [0.4, 0.5) is 0 Å². The van der Waals surface area contributed by atoms with E-state index < -0.39 is 6.10 Å². The van der Waals surface area contributed by atoms with E-state index in [1.807, 2.05) is 25.1 Å². The molecule has 1 aromatic heterocycles. The number of rotatable bonds is 4. The summed E-state index contributed by atoms with van der Waals surface area (Å²) in [5, 5.41) is 13.1. The predicted octanol–water partition coefficient (Wildman–Crippen LogP) is 2.01. The number of hydrogen-bond donors (Lipinski definition) is 1. The smallest absolute Gasteiger partial charge is 0.213 e. The number of aliphatic hydroxyl groups excluding tert-OH is 1. The van der Waals surface area contributed by atoms with Crippen LogP contribution in [-0.2, 0) is 6.61 Å². The largest absolute Gasteiger partial charge is 0.485 e. The number of ether oxygens (including phenoxy) is 1. The lowest BCUT2D eigenvalue weighted by Crippen LogP contribution is -2.00.